The number of pyridine rings is 1. The minimum absolute atomic E-state index is 0.499. The Bertz CT molecular complexity index is 565. The lowest BCUT2D eigenvalue weighted by molar-refractivity contribution is 0.415. The predicted octanol–water partition coefficient (Wildman–Crippen LogP) is 3.17. The first kappa shape index (κ1) is 13.7. The van der Waals surface area contributed by atoms with Crippen molar-refractivity contribution in [2.24, 2.45) is 0 Å². The second-order valence-electron chi connectivity index (χ2n) is 5.31. The number of para-hydroxylation sites is 2. The van der Waals surface area contributed by atoms with Crippen LogP contribution in [0.15, 0.2) is 48.8 Å². The molecule has 0 aliphatic carbocycles. The summed E-state index contributed by atoms with van der Waals surface area (Å²) >= 11 is 0. The van der Waals surface area contributed by atoms with Gasteiger partial charge in [0.2, 0.25) is 0 Å². The predicted molar refractivity (Wildman–Crippen MR) is 86.1 cm³/mol. The second kappa shape index (κ2) is 6.48. The van der Waals surface area contributed by atoms with Crippen molar-refractivity contribution in [1.82, 2.24) is 4.98 Å². The first-order valence-electron chi connectivity index (χ1n) is 7.41. The van der Waals surface area contributed by atoms with Crippen molar-refractivity contribution in [1.29, 1.82) is 0 Å². The van der Waals surface area contributed by atoms with Crippen LogP contribution in [0.1, 0.15) is 12.8 Å². The SMILES string of the molecule is COc1ccccc1NC1CCN(c2ccncc2)CC1. The maximum absolute atomic E-state index is 5.40. The van der Waals surface area contributed by atoms with Crippen LogP contribution < -0.4 is 15.0 Å². The lowest BCUT2D eigenvalue weighted by Gasteiger charge is -2.34. The van der Waals surface area contributed by atoms with E-state index >= 15 is 0 Å². The van der Waals surface area contributed by atoms with E-state index in [-0.39, 0.29) is 0 Å². The molecule has 1 saturated heterocycles. The average molecular weight is 283 g/mol. The van der Waals surface area contributed by atoms with Gasteiger partial charge in [-0.25, -0.2) is 0 Å². The molecule has 0 atom stereocenters. The molecule has 1 aliphatic heterocycles. The van der Waals surface area contributed by atoms with Crippen LogP contribution >= 0.6 is 0 Å². The van der Waals surface area contributed by atoms with E-state index in [9.17, 15) is 0 Å². The molecular formula is C17H21N3O. The smallest absolute Gasteiger partial charge is 0.141 e. The molecule has 0 radical (unpaired) electrons. The van der Waals surface area contributed by atoms with Crippen molar-refractivity contribution in [3.63, 3.8) is 0 Å². The minimum atomic E-state index is 0.499. The van der Waals surface area contributed by atoms with E-state index in [0.717, 1.165) is 37.4 Å². The van der Waals surface area contributed by atoms with E-state index in [0.29, 0.717) is 6.04 Å². The van der Waals surface area contributed by atoms with Gasteiger partial charge in [0, 0.05) is 37.2 Å². The highest BCUT2D eigenvalue weighted by Gasteiger charge is 2.20. The standard InChI is InChI=1S/C17H21N3O/c1-21-17-5-3-2-4-16(17)19-14-8-12-20(13-9-14)15-6-10-18-11-7-15/h2-7,10-11,14,19H,8-9,12-13H2,1H3. The topological polar surface area (TPSA) is 37.4 Å². The number of benzene rings is 1. The fourth-order valence-electron chi connectivity index (χ4n) is 2.82. The molecule has 2 aromatic rings. The molecule has 4 heteroatoms. The molecule has 0 unspecified atom stereocenters. The highest BCUT2D eigenvalue weighted by molar-refractivity contribution is 5.57. The highest BCUT2D eigenvalue weighted by Crippen LogP contribution is 2.27. The maximum atomic E-state index is 5.40. The molecule has 0 amide bonds. The molecule has 1 fully saturated rings. The highest BCUT2D eigenvalue weighted by atomic mass is 16.5. The normalized spacial score (nSPS) is 15.8. The minimum Gasteiger partial charge on any atom is -0.495 e. The van der Waals surface area contributed by atoms with Crippen molar-refractivity contribution in [2.75, 3.05) is 30.4 Å². The summed E-state index contributed by atoms with van der Waals surface area (Å²) in [5.41, 5.74) is 2.35. The number of nitrogens with one attached hydrogen (secondary N) is 1. The van der Waals surface area contributed by atoms with E-state index in [1.807, 2.05) is 30.6 Å². The van der Waals surface area contributed by atoms with Crippen molar-refractivity contribution in [2.45, 2.75) is 18.9 Å². The zero-order valence-electron chi connectivity index (χ0n) is 12.3. The number of nitrogens with zero attached hydrogens (tertiary/aromatic N) is 2. The molecule has 1 aromatic carbocycles. The van der Waals surface area contributed by atoms with E-state index in [2.05, 4.69) is 33.4 Å². The summed E-state index contributed by atoms with van der Waals surface area (Å²) in [5.74, 6) is 0.911. The van der Waals surface area contributed by atoms with Gasteiger partial charge < -0.3 is 15.0 Å². The molecule has 4 nitrogen and oxygen atoms in total. The first-order chi connectivity index (χ1) is 10.4. The van der Waals surface area contributed by atoms with Gasteiger partial charge in [-0.1, -0.05) is 12.1 Å². The van der Waals surface area contributed by atoms with Crippen molar-refractivity contribution >= 4 is 11.4 Å². The third-order valence-corrected chi connectivity index (χ3v) is 3.99. The van der Waals surface area contributed by atoms with Gasteiger partial charge in [-0.05, 0) is 37.1 Å². The number of hydrogen-bond donors (Lipinski definition) is 1. The van der Waals surface area contributed by atoms with E-state index in [1.165, 1.54) is 5.69 Å². The quantitative estimate of drug-likeness (QED) is 0.935. The lowest BCUT2D eigenvalue weighted by atomic mass is 10.0. The average Bonchev–Trinajstić information content (AvgIpc) is 2.57. The summed E-state index contributed by atoms with van der Waals surface area (Å²) in [4.78, 5) is 6.50. The van der Waals surface area contributed by atoms with Crippen LogP contribution in [0.3, 0.4) is 0 Å². The van der Waals surface area contributed by atoms with Crippen molar-refractivity contribution < 1.29 is 4.74 Å². The molecule has 3 rings (SSSR count). The summed E-state index contributed by atoms with van der Waals surface area (Å²) in [6.07, 6.45) is 5.96. The zero-order chi connectivity index (χ0) is 14.5. The van der Waals surface area contributed by atoms with Gasteiger partial charge in [-0.15, -0.1) is 0 Å². The first-order valence-corrected chi connectivity index (χ1v) is 7.41. The zero-order valence-corrected chi connectivity index (χ0v) is 12.3. The fraction of sp³-hybridized carbons (Fsp3) is 0.353. The van der Waals surface area contributed by atoms with Gasteiger partial charge in [0.1, 0.15) is 5.75 Å². The van der Waals surface area contributed by atoms with Crippen LogP contribution in [-0.4, -0.2) is 31.2 Å². The number of hydrogen-bond acceptors (Lipinski definition) is 4. The molecule has 1 N–H and O–H groups in total. The second-order valence-corrected chi connectivity index (χ2v) is 5.31. The van der Waals surface area contributed by atoms with Crippen molar-refractivity contribution in [3.05, 3.63) is 48.8 Å². The molecule has 0 bridgehead atoms. The summed E-state index contributed by atoms with van der Waals surface area (Å²) in [6.45, 7) is 2.13. The molecular weight excluding hydrogens is 262 g/mol. The maximum Gasteiger partial charge on any atom is 0.141 e. The Kier molecular flexibility index (Phi) is 4.24. The van der Waals surface area contributed by atoms with Crippen LogP contribution in [0, 0.1) is 0 Å². The Morgan fingerprint density at radius 3 is 2.52 bits per heavy atom. The van der Waals surface area contributed by atoms with Gasteiger partial charge in [0.05, 0.1) is 12.8 Å². The van der Waals surface area contributed by atoms with Crippen molar-refractivity contribution in [3.8, 4) is 5.75 Å². The summed E-state index contributed by atoms with van der Waals surface area (Å²) in [6, 6.07) is 12.8. The number of ether oxygens (including phenoxy) is 1. The van der Waals surface area contributed by atoms with Crippen LogP contribution in [0.5, 0.6) is 5.75 Å². The lowest BCUT2D eigenvalue weighted by Crippen LogP contribution is -2.39. The monoisotopic (exact) mass is 283 g/mol. The number of anilines is 2. The van der Waals surface area contributed by atoms with Crippen LogP contribution in [0.4, 0.5) is 11.4 Å². The van der Waals surface area contributed by atoms with Crippen LogP contribution in [0.2, 0.25) is 0 Å². The molecule has 0 spiro atoms. The van der Waals surface area contributed by atoms with Gasteiger partial charge in [-0.3, -0.25) is 4.98 Å². The summed E-state index contributed by atoms with van der Waals surface area (Å²) in [7, 11) is 1.71. The molecule has 1 aromatic heterocycles. The van der Waals surface area contributed by atoms with Crippen LogP contribution in [-0.2, 0) is 0 Å². The van der Waals surface area contributed by atoms with Gasteiger partial charge in [0.25, 0.3) is 0 Å². The third kappa shape index (κ3) is 3.27. The Morgan fingerprint density at radius 2 is 1.81 bits per heavy atom. The summed E-state index contributed by atoms with van der Waals surface area (Å²) in [5, 5.41) is 3.61. The fourth-order valence-corrected chi connectivity index (χ4v) is 2.82. The summed E-state index contributed by atoms with van der Waals surface area (Å²) < 4.78 is 5.40. The Labute approximate surface area is 125 Å². The van der Waals surface area contributed by atoms with E-state index < -0.39 is 0 Å². The van der Waals surface area contributed by atoms with E-state index in [4.69, 9.17) is 4.74 Å². The van der Waals surface area contributed by atoms with E-state index in [1.54, 1.807) is 7.11 Å². The molecule has 21 heavy (non-hydrogen) atoms. The number of aromatic nitrogens is 1. The number of rotatable bonds is 4. The van der Waals surface area contributed by atoms with Crippen LogP contribution in [0.25, 0.3) is 0 Å². The largest absolute Gasteiger partial charge is 0.495 e. The number of piperidine rings is 1. The molecule has 2 heterocycles. The Balaban J connectivity index is 1.59. The molecule has 0 saturated carbocycles. The molecule has 110 valence electrons. The van der Waals surface area contributed by atoms with Gasteiger partial charge in [-0.2, -0.15) is 0 Å². The number of methoxy groups -OCH3 is 1. The third-order valence-electron chi connectivity index (χ3n) is 3.99. The Hall–Kier alpha value is -2.23. The van der Waals surface area contributed by atoms with Gasteiger partial charge >= 0.3 is 0 Å². The Morgan fingerprint density at radius 1 is 1.10 bits per heavy atom. The van der Waals surface area contributed by atoms with Gasteiger partial charge in [0.15, 0.2) is 0 Å². The molecule has 1 aliphatic rings.